The summed E-state index contributed by atoms with van der Waals surface area (Å²) in [5.41, 5.74) is 6.56. The van der Waals surface area contributed by atoms with Crippen LogP contribution in [0.5, 0.6) is 5.88 Å². The third kappa shape index (κ3) is 2.11. The quantitative estimate of drug-likeness (QED) is 0.876. The summed E-state index contributed by atoms with van der Waals surface area (Å²) < 4.78 is 4.98. The van der Waals surface area contributed by atoms with Crippen LogP contribution in [-0.4, -0.2) is 12.1 Å². The number of pyridine rings is 1. The average molecular weight is 235 g/mol. The lowest BCUT2D eigenvalue weighted by atomic mass is 10.1. The topological polar surface area (TPSA) is 48.1 Å². The normalized spacial score (nSPS) is 12.6. The van der Waals surface area contributed by atoms with Crippen molar-refractivity contribution in [1.29, 1.82) is 0 Å². The van der Waals surface area contributed by atoms with Crippen molar-refractivity contribution in [3.8, 4) is 5.88 Å². The molecule has 0 bridgehead atoms. The number of aromatic nitrogens is 1. The second-order valence-electron chi connectivity index (χ2n) is 2.86. The number of hydrogen-bond donors (Lipinski definition) is 1. The Morgan fingerprint density at radius 3 is 2.71 bits per heavy atom. The summed E-state index contributed by atoms with van der Waals surface area (Å²) in [7, 11) is 1.50. The predicted molar refractivity (Wildman–Crippen MR) is 58.0 cm³/mol. The van der Waals surface area contributed by atoms with Crippen molar-refractivity contribution in [3.05, 3.63) is 21.8 Å². The van der Waals surface area contributed by atoms with Crippen molar-refractivity contribution in [3.63, 3.8) is 0 Å². The Hall–Kier alpha value is -0.510. The second kappa shape index (κ2) is 4.82. The molecule has 0 aliphatic heterocycles. The summed E-state index contributed by atoms with van der Waals surface area (Å²) in [4.78, 5) is 3.93. The minimum atomic E-state index is -0.188. The van der Waals surface area contributed by atoms with Gasteiger partial charge in [0.15, 0.2) is 0 Å². The highest BCUT2D eigenvalue weighted by Gasteiger charge is 2.17. The zero-order chi connectivity index (χ0) is 10.7. The maximum atomic E-state index is 6.04. The Morgan fingerprint density at radius 2 is 2.21 bits per heavy atom. The summed E-state index contributed by atoms with van der Waals surface area (Å²) in [5.74, 6) is 0.356. The molecule has 0 aliphatic carbocycles. The number of rotatable bonds is 3. The number of nitrogens with zero attached hydrogens (tertiary/aromatic N) is 1. The van der Waals surface area contributed by atoms with Gasteiger partial charge in [0.25, 0.3) is 0 Å². The molecule has 0 amide bonds. The Balaban J connectivity index is 3.25. The standard InChI is InChI=1S/C9H12Cl2N2O/c1-3-6(12)7-5(10)4-13-9(14-2)8(7)11/h4,6H,3,12H2,1-2H3. The molecule has 1 heterocycles. The largest absolute Gasteiger partial charge is 0.480 e. The molecule has 14 heavy (non-hydrogen) atoms. The van der Waals surface area contributed by atoms with E-state index < -0.39 is 0 Å². The molecule has 78 valence electrons. The van der Waals surface area contributed by atoms with Crippen molar-refractivity contribution in [2.45, 2.75) is 19.4 Å². The number of halogens is 2. The van der Waals surface area contributed by atoms with E-state index in [4.69, 9.17) is 33.7 Å². The molecule has 1 rings (SSSR count). The van der Waals surface area contributed by atoms with Crippen molar-refractivity contribution in [1.82, 2.24) is 4.98 Å². The van der Waals surface area contributed by atoms with E-state index in [0.29, 0.717) is 21.5 Å². The predicted octanol–water partition coefficient (Wildman–Crippen LogP) is 2.81. The van der Waals surface area contributed by atoms with Gasteiger partial charge in [0, 0.05) is 17.8 Å². The van der Waals surface area contributed by atoms with Gasteiger partial charge < -0.3 is 10.5 Å². The molecule has 1 atom stereocenters. The highest BCUT2D eigenvalue weighted by atomic mass is 35.5. The first-order valence-electron chi connectivity index (χ1n) is 4.25. The van der Waals surface area contributed by atoms with Gasteiger partial charge >= 0.3 is 0 Å². The molecule has 0 aliphatic rings. The zero-order valence-electron chi connectivity index (χ0n) is 8.05. The van der Waals surface area contributed by atoms with E-state index in [-0.39, 0.29) is 6.04 Å². The van der Waals surface area contributed by atoms with E-state index in [1.54, 1.807) is 0 Å². The van der Waals surface area contributed by atoms with E-state index in [9.17, 15) is 0 Å². The Kier molecular flexibility index (Phi) is 3.98. The lowest BCUT2D eigenvalue weighted by Gasteiger charge is -2.14. The van der Waals surface area contributed by atoms with Crippen LogP contribution in [0, 0.1) is 0 Å². The molecular weight excluding hydrogens is 223 g/mol. The van der Waals surface area contributed by atoms with Crippen LogP contribution in [-0.2, 0) is 0 Å². The third-order valence-corrected chi connectivity index (χ3v) is 2.65. The maximum absolute atomic E-state index is 6.04. The van der Waals surface area contributed by atoms with Gasteiger partial charge in [-0.2, -0.15) is 0 Å². The molecule has 1 unspecified atom stereocenters. The number of hydrogen-bond acceptors (Lipinski definition) is 3. The average Bonchev–Trinajstić information content (AvgIpc) is 2.18. The van der Waals surface area contributed by atoms with Crippen molar-refractivity contribution in [2.24, 2.45) is 5.73 Å². The first-order chi connectivity index (χ1) is 6.61. The molecule has 0 spiro atoms. The van der Waals surface area contributed by atoms with Crippen LogP contribution in [0.1, 0.15) is 24.9 Å². The summed E-state index contributed by atoms with van der Waals surface area (Å²) in [6.45, 7) is 1.96. The van der Waals surface area contributed by atoms with E-state index in [0.717, 1.165) is 6.42 Å². The van der Waals surface area contributed by atoms with Gasteiger partial charge in [-0.3, -0.25) is 0 Å². The van der Waals surface area contributed by atoms with Crippen molar-refractivity contribution >= 4 is 23.2 Å². The molecule has 0 aromatic carbocycles. The Morgan fingerprint density at radius 1 is 1.57 bits per heavy atom. The molecule has 1 aromatic rings. The Bertz CT molecular complexity index is 331. The van der Waals surface area contributed by atoms with Crippen molar-refractivity contribution < 1.29 is 4.74 Å². The van der Waals surface area contributed by atoms with E-state index in [2.05, 4.69) is 4.98 Å². The molecule has 3 nitrogen and oxygen atoms in total. The van der Waals surface area contributed by atoms with Gasteiger partial charge in [-0.05, 0) is 6.42 Å². The maximum Gasteiger partial charge on any atom is 0.232 e. The monoisotopic (exact) mass is 234 g/mol. The molecular formula is C9H12Cl2N2O. The van der Waals surface area contributed by atoms with Crippen LogP contribution < -0.4 is 10.5 Å². The first-order valence-corrected chi connectivity index (χ1v) is 5.00. The van der Waals surface area contributed by atoms with E-state index in [1.807, 2.05) is 6.92 Å². The van der Waals surface area contributed by atoms with Gasteiger partial charge in [-0.25, -0.2) is 4.98 Å². The number of nitrogens with two attached hydrogens (primary N) is 1. The summed E-state index contributed by atoms with van der Waals surface area (Å²) in [6, 6.07) is -0.188. The summed E-state index contributed by atoms with van der Waals surface area (Å²) in [5, 5.41) is 0.875. The number of methoxy groups -OCH3 is 1. The molecule has 1 aromatic heterocycles. The highest BCUT2D eigenvalue weighted by Crippen LogP contribution is 2.35. The van der Waals surface area contributed by atoms with Crippen molar-refractivity contribution in [2.75, 3.05) is 7.11 Å². The number of ether oxygens (including phenoxy) is 1. The lowest BCUT2D eigenvalue weighted by Crippen LogP contribution is -2.11. The highest BCUT2D eigenvalue weighted by molar-refractivity contribution is 6.36. The van der Waals surface area contributed by atoms with Gasteiger partial charge in [-0.15, -0.1) is 0 Å². The Labute approximate surface area is 93.2 Å². The van der Waals surface area contributed by atoms with E-state index >= 15 is 0 Å². The fraction of sp³-hybridized carbons (Fsp3) is 0.444. The van der Waals surface area contributed by atoms with Crippen LogP contribution in [0.25, 0.3) is 0 Å². The molecule has 2 N–H and O–H groups in total. The second-order valence-corrected chi connectivity index (χ2v) is 3.64. The van der Waals surface area contributed by atoms with E-state index in [1.165, 1.54) is 13.3 Å². The zero-order valence-corrected chi connectivity index (χ0v) is 9.56. The van der Waals surface area contributed by atoms with Gasteiger partial charge in [0.1, 0.15) is 5.02 Å². The molecule has 0 radical (unpaired) electrons. The summed E-state index contributed by atoms with van der Waals surface area (Å²) >= 11 is 12.0. The van der Waals surface area contributed by atoms with Gasteiger partial charge in [-0.1, -0.05) is 30.1 Å². The van der Waals surface area contributed by atoms with Crippen LogP contribution in [0.2, 0.25) is 10.0 Å². The molecule has 0 saturated carbocycles. The minimum absolute atomic E-state index is 0.188. The minimum Gasteiger partial charge on any atom is -0.480 e. The fourth-order valence-electron chi connectivity index (χ4n) is 1.15. The van der Waals surface area contributed by atoms with Gasteiger partial charge in [0.2, 0.25) is 5.88 Å². The van der Waals surface area contributed by atoms with Crippen LogP contribution in [0.3, 0.4) is 0 Å². The third-order valence-electron chi connectivity index (χ3n) is 1.98. The smallest absolute Gasteiger partial charge is 0.232 e. The summed E-state index contributed by atoms with van der Waals surface area (Å²) in [6.07, 6.45) is 2.25. The fourth-order valence-corrected chi connectivity index (χ4v) is 1.85. The first kappa shape index (κ1) is 11.6. The molecule has 0 saturated heterocycles. The van der Waals surface area contributed by atoms with Crippen LogP contribution in [0.15, 0.2) is 6.20 Å². The van der Waals surface area contributed by atoms with Gasteiger partial charge in [0.05, 0.1) is 12.1 Å². The van der Waals surface area contributed by atoms with Crippen LogP contribution >= 0.6 is 23.2 Å². The molecule has 0 fully saturated rings. The SMILES string of the molecule is CCC(N)c1c(Cl)cnc(OC)c1Cl. The van der Waals surface area contributed by atoms with Crippen LogP contribution in [0.4, 0.5) is 0 Å². The lowest BCUT2D eigenvalue weighted by molar-refractivity contribution is 0.397. The molecule has 5 heteroatoms.